The molecule has 45 heavy (non-hydrogen) atoms. The van der Waals surface area contributed by atoms with Gasteiger partial charge in [0.25, 0.3) is 0 Å². The van der Waals surface area contributed by atoms with Crippen LogP contribution >= 0.6 is 11.3 Å². The van der Waals surface area contributed by atoms with Crippen LogP contribution in [0.1, 0.15) is 5.56 Å². The molecule has 0 radical (unpaired) electrons. The van der Waals surface area contributed by atoms with Crippen LogP contribution in [0, 0.1) is 11.3 Å². The largest absolute Gasteiger partial charge is 0.227 e. The van der Waals surface area contributed by atoms with Crippen LogP contribution in [0.2, 0.25) is 0 Å². The van der Waals surface area contributed by atoms with Crippen LogP contribution in [-0.4, -0.2) is 9.97 Å². The minimum atomic E-state index is 0.471. The average molecular weight is 592 g/mol. The third-order valence-electron chi connectivity index (χ3n) is 8.17. The second-order valence-electron chi connectivity index (χ2n) is 10.9. The third-order valence-corrected chi connectivity index (χ3v) is 9.39. The number of rotatable bonds is 5. The van der Waals surface area contributed by atoms with Crippen molar-refractivity contribution >= 4 is 31.5 Å². The first-order valence-corrected chi connectivity index (χ1v) is 15.6. The molecule has 6 aromatic carbocycles. The Hall–Kier alpha value is -5.89. The molecule has 0 N–H and O–H groups in total. The lowest BCUT2D eigenvalue weighted by Crippen LogP contribution is -2.01. The monoisotopic (exact) mass is 591 g/mol. The van der Waals surface area contributed by atoms with Crippen molar-refractivity contribution in [3.8, 4) is 62.2 Å². The van der Waals surface area contributed by atoms with E-state index in [0.29, 0.717) is 22.8 Å². The van der Waals surface area contributed by atoms with Gasteiger partial charge in [-0.2, -0.15) is 5.26 Å². The predicted octanol–water partition coefficient (Wildman–Crippen LogP) is 11.1. The van der Waals surface area contributed by atoms with Gasteiger partial charge in [-0.15, -0.1) is 11.3 Å². The van der Waals surface area contributed by atoms with Gasteiger partial charge in [0.1, 0.15) is 11.6 Å². The molecule has 0 fully saturated rings. The van der Waals surface area contributed by atoms with Crippen molar-refractivity contribution in [3.05, 3.63) is 157 Å². The first kappa shape index (κ1) is 26.7. The zero-order valence-corrected chi connectivity index (χ0v) is 25.0. The molecular formula is C41H25N3S. The zero-order valence-electron chi connectivity index (χ0n) is 24.2. The second kappa shape index (κ2) is 11.3. The molecule has 0 saturated carbocycles. The number of thiophene rings is 1. The number of nitriles is 1. The molecule has 4 heteroatoms. The minimum absolute atomic E-state index is 0.471. The molecule has 8 rings (SSSR count). The van der Waals surface area contributed by atoms with Gasteiger partial charge in [0.2, 0.25) is 0 Å². The number of aromatic nitrogens is 2. The zero-order chi connectivity index (χ0) is 30.2. The summed E-state index contributed by atoms with van der Waals surface area (Å²) < 4.78 is 2.62. The maximum Gasteiger partial charge on any atom is 0.160 e. The van der Waals surface area contributed by atoms with Crippen molar-refractivity contribution in [3.63, 3.8) is 0 Å². The molecule has 0 unspecified atom stereocenters. The van der Waals surface area contributed by atoms with E-state index in [-0.39, 0.29) is 0 Å². The highest BCUT2D eigenvalue weighted by atomic mass is 32.1. The average Bonchev–Trinajstić information content (AvgIpc) is 3.51. The summed E-state index contributed by atoms with van der Waals surface area (Å²) in [6.45, 7) is 0. The van der Waals surface area contributed by atoms with Crippen molar-refractivity contribution in [1.29, 1.82) is 5.26 Å². The summed E-state index contributed by atoms with van der Waals surface area (Å²) in [6.07, 6.45) is 0. The van der Waals surface area contributed by atoms with Crippen LogP contribution in [-0.2, 0) is 0 Å². The van der Waals surface area contributed by atoms with E-state index in [1.807, 2.05) is 72.0 Å². The molecule has 8 aromatic rings. The highest BCUT2D eigenvalue weighted by Crippen LogP contribution is 2.40. The Morgan fingerprint density at radius 2 is 1.02 bits per heavy atom. The topological polar surface area (TPSA) is 49.6 Å². The summed E-state index contributed by atoms with van der Waals surface area (Å²) in [6, 6.07) is 54.5. The van der Waals surface area contributed by atoms with E-state index in [9.17, 15) is 5.26 Å². The van der Waals surface area contributed by atoms with E-state index >= 15 is 0 Å². The van der Waals surface area contributed by atoms with E-state index in [1.54, 1.807) is 0 Å². The molecule has 0 amide bonds. The highest BCUT2D eigenvalue weighted by Gasteiger charge is 2.18. The third kappa shape index (κ3) is 4.86. The van der Waals surface area contributed by atoms with Gasteiger partial charge in [0.05, 0.1) is 11.4 Å². The summed E-state index contributed by atoms with van der Waals surface area (Å²) in [5.41, 5.74) is 9.11. The molecule has 2 heterocycles. The Kier molecular flexibility index (Phi) is 6.72. The maximum absolute atomic E-state index is 10.2. The number of hydrogen-bond acceptors (Lipinski definition) is 4. The summed E-state index contributed by atoms with van der Waals surface area (Å²) in [7, 11) is 0. The maximum atomic E-state index is 10.2. The number of nitrogens with zero attached hydrogens (tertiary/aromatic N) is 3. The predicted molar refractivity (Wildman–Crippen MR) is 187 cm³/mol. The molecule has 2 aromatic heterocycles. The van der Waals surface area contributed by atoms with Crippen molar-refractivity contribution in [2.45, 2.75) is 0 Å². The molecule has 0 spiro atoms. The fourth-order valence-corrected chi connectivity index (χ4v) is 7.20. The molecule has 0 atom stereocenters. The number of benzene rings is 6. The summed E-state index contributed by atoms with van der Waals surface area (Å²) >= 11 is 1.85. The number of hydrogen-bond donors (Lipinski definition) is 0. The molecule has 3 nitrogen and oxygen atoms in total. The van der Waals surface area contributed by atoms with Crippen molar-refractivity contribution in [2.75, 3.05) is 0 Å². The van der Waals surface area contributed by atoms with Gasteiger partial charge in [-0.3, -0.25) is 0 Å². The Bertz CT molecular complexity index is 2310. The van der Waals surface area contributed by atoms with Gasteiger partial charge in [-0.05, 0) is 34.4 Å². The summed E-state index contributed by atoms with van der Waals surface area (Å²) in [5.74, 6) is 0.587. The lowest BCUT2D eigenvalue weighted by Gasteiger charge is -2.12. The van der Waals surface area contributed by atoms with E-state index in [2.05, 4.69) is 97.1 Å². The van der Waals surface area contributed by atoms with Crippen LogP contribution in [0.5, 0.6) is 0 Å². The molecule has 0 aliphatic rings. The fraction of sp³-hybridized carbons (Fsp3) is 0. The molecule has 0 bridgehead atoms. The quantitative estimate of drug-likeness (QED) is 0.200. The molecular weight excluding hydrogens is 567 g/mol. The molecule has 0 saturated heterocycles. The fourth-order valence-electron chi connectivity index (χ4n) is 5.96. The van der Waals surface area contributed by atoms with E-state index < -0.39 is 0 Å². The lowest BCUT2D eigenvalue weighted by molar-refractivity contribution is 1.17. The smallest absolute Gasteiger partial charge is 0.160 e. The standard InChI is InChI=1S/C41H25N3S/c42-26-36-38(28-11-3-1-4-12-28)43-41(44-39(36)29-13-5-2-6-14-29)30-23-21-27(22-24-30)31-15-9-16-32(25-31)33-18-10-19-35-34-17-7-8-20-37(34)45-40(33)35/h1-25H. The Labute approximate surface area is 265 Å². The van der Waals surface area contributed by atoms with Gasteiger partial charge in [0.15, 0.2) is 5.82 Å². The first-order chi connectivity index (χ1) is 22.3. The minimum Gasteiger partial charge on any atom is -0.227 e. The van der Waals surface area contributed by atoms with Crippen molar-refractivity contribution in [1.82, 2.24) is 9.97 Å². The van der Waals surface area contributed by atoms with Crippen LogP contribution < -0.4 is 0 Å². The highest BCUT2D eigenvalue weighted by molar-refractivity contribution is 7.26. The normalized spacial score (nSPS) is 11.1. The van der Waals surface area contributed by atoms with Gasteiger partial charge in [0, 0.05) is 36.9 Å². The Morgan fingerprint density at radius 3 is 1.71 bits per heavy atom. The van der Waals surface area contributed by atoms with Crippen molar-refractivity contribution in [2.24, 2.45) is 0 Å². The van der Waals surface area contributed by atoms with Gasteiger partial charge < -0.3 is 0 Å². The van der Waals surface area contributed by atoms with Gasteiger partial charge in [-0.25, -0.2) is 9.97 Å². The van der Waals surface area contributed by atoms with Crippen LogP contribution in [0.15, 0.2) is 152 Å². The summed E-state index contributed by atoms with van der Waals surface area (Å²) in [4.78, 5) is 9.88. The SMILES string of the molecule is N#Cc1c(-c2ccccc2)nc(-c2ccc(-c3cccc(-c4cccc5c4sc4ccccc45)c3)cc2)nc1-c1ccccc1. The van der Waals surface area contributed by atoms with Crippen LogP contribution in [0.4, 0.5) is 0 Å². The van der Waals surface area contributed by atoms with Crippen LogP contribution in [0.25, 0.3) is 76.3 Å². The van der Waals surface area contributed by atoms with E-state index in [0.717, 1.165) is 27.8 Å². The molecule has 0 aliphatic heterocycles. The Morgan fingerprint density at radius 1 is 0.467 bits per heavy atom. The van der Waals surface area contributed by atoms with Gasteiger partial charge in [-0.1, -0.05) is 140 Å². The van der Waals surface area contributed by atoms with Crippen LogP contribution in [0.3, 0.4) is 0 Å². The van der Waals surface area contributed by atoms with E-state index in [4.69, 9.17) is 9.97 Å². The first-order valence-electron chi connectivity index (χ1n) is 14.8. The number of fused-ring (bicyclic) bond motifs is 3. The summed E-state index contributed by atoms with van der Waals surface area (Å²) in [5, 5.41) is 12.8. The Balaban J connectivity index is 1.20. The van der Waals surface area contributed by atoms with Crippen molar-refractivity contribution < 1.29 is 0 Å². The molecule has 210 valence electrons. The lowest BCUT2D eigenvalue weighted by atomic mass is 9.97. The molecule has 0 aliphatic carbocycles. The van der Waals surface area contributed by atoms with E-state index in [1.165, 1.54) is 31.3 Å². The van der Waals surface area contributed by atoms with Gasteiger partial charge >= 0.3 is 0 Å². The second-order valence-corrected chi connectivity index (χ2v) is 12.0.